The quantitative estimate of drug-likeness (QED) is 0.644. The molecule has 1 aromatic rings. The second-order valence-electron chi connectivity index (χ2n) is 7.91. The normalized spacial score (nSPS) is 23.0. The van der Waals surface area contributed by atoms with Crippen molar-refractivity contribution in [3.05, 3.63) is 39.9 Å². The van der Waals surface area contributed by atoms with Crippen LogP contribution in [-0.2, 0) is 9.59 Å². The van der Waals surface area contributed by atoms with E-state index in [4.69, 9.17) is 23.2 Å². The molecule has 164 valence electrons. The van der Waals surface area contributed by atoms with Crippen LogP contribution in [0.1, 0.15) is 31.7 Å². The van der Waals surface area contributed by atoms with Crippen molar-refractivity contribution in [3.63, 3.8) is 0 Å². The maximum absolute atomic E-state index is 12.8. The predicted octanol–water partition coefficient (Wildman–Crippen LogP) is 2.91. The van der Waals surface area contributed by atoms with Crippen molar-refractivity contribution >= 4 is 41.1 Å². The first kappa shape index (κ1) is 23.1. The lowest BCUT2D eigenvalue weighted by Crippen LogP contribution is -2.57. The van der Waals surface area contributed by atoms with Gasteiger partial charge in [-0.25, -0.2) is 0 Å². The van der Waals surface area contributed by atoms with Gasteiger partial charge in [0.05, 0.1) is 16.7 Å². The van der Waals surface area contributed by atoms with E-state index in [9.17, 15) is 14.7 Å². The number of nitrogens with zero attached hydrogens (tertiary/aromatic N) is 3. The molecule has 2 amide bonds. The Morgan fingerprint density at radius 1 is 1.20 bits per heavy atom. The zero-order chi connectivity index (χ0) is 21.7. The summed E-state index contributed by atoms with van der Waals surface area (Å²) in [6.45, 7) is 5.62. The van der Waals surface area contributed by atoms with Crippen LogP contribution in [0.2, 0.25) is 10.0 Å². The van der Waals surface area contributed by atoms with E-state index >= 15 is 0 Å². The van der Waals surface area contributed by atoms with Crippen molar-refractivity contribution < 1.29 is 14.7 Å². The molecular weight excluding hydrogens is 425 g/mol. The van der Waals surface area contributed by atoms with Crippen molar-refractivity contribution in [1.29, 1.82) is 0 Å². The highest BCUT2D eigenvalue weighted by atomic mass is 35.5. The Morgan fingerprint density at radius 2 is 2.00 bits per heavy atom. The van der Waals surface area contributed by atoms with E-state index in [1.807, 2.05) is 4.90 Å². The molecule has 2 aliphatic rings. The van der Waals surface area contributed by atoms with Gasteiger partial charge < -0.3 is 14.9 Å². The number of halogens is 2. The molecule has 1 N–H and O–H groups in total. The monoisotopic (exact) mass is 453 g/mol. The van der Waals surface area contributed by atoms with Crippen LogP contribution in [0, 0.1) is 0 Å². The number of hydrogen-bond donors (Lipinski definition) is 1. The molecule has 0 aliphatic carbocycles. The average molecular weight is 454 g/mol. The zero-order valence-electron chi connectivity index (χ0n) is 17.3. The molecule has 1 aromatic carbocycles. The highest BCUT2D eigenvalue weighted by Crippen LogP contribution is 2.23. The van der Waals surface area contributed by atoms with Gasteiger partial charge in [0, 0.05) is 38.3 Å². The molecule has 2 fully saturated rings. The van der Waals surface area contributed by atoms with Crippen LogP contribution < -0.4 is 0 Å². The Labute approximate surface area is 188 Å². The maximum Gasteiger partial charge on any atom is 0.247 e. The summed E-state index contributed by atoms with van der Waals surface area (Å²) in [4.78, 5) is 31.2. The largest absolute Gasteiger partial charge is 0.395 e. The lowest BCUT2D eigenvalue weighted by molar-refractivity contribution is -0.148. The maximum atomic E-state index is 12.8. The summed E-state index contributed by atoms with van der Waals surface area (Å²) in [6, 6.07) is 4.94. The summed E-state index contributed by atoms with van der Waals surface area (Å²) < 4.78 is 0. The molecule has 2 heterocycles. The second-order valence-corrected chi connectivity index (χ2v) is 8.72. The van der Waals surface area contributed by atoms with Gasteiger partial charge in [-0.15, -0.1) is 0 Å². The van der Waals surface area contributed by atoms with E-state index < -0.39 is 6.04 Å². The van der Waals surface area contributed by atoms with E-state index in [1.165, 1.54) is 6.08 Å². The molecule has 2 atom stereocenters. The summed E-state index contributed by atoms with van der Waals surface area (Å²) >= 11 is 11.9. The molecule has 0 saturated carbocycles. The number of carbonyl (C=O) groups is 2. The minimum atomic E-state index is -0.485. The second kappa shape index (κ2) is 10.6. The number of benzene rings is 1. The van der Waals surface area contributed by atoms with E-state index in [2.05, 4.69) is 4.90 Å². The summed E-state index contributed by atoms with van der Waals surface area (Å²) in [6.07, 6.45) is 6.20. The number of likely N-dealkylation sites (tertiary alicyclic amines) is 1. The van der Waals surface area contributed by atoms with E-state index in [0.29, 0.717) is 29.7 Å². The number of hydrogen-bond acceptors (Lipinski definition) is 4. The molecule has 30 heavy (non-hydrogen) atoms. The van der Waals surface area contributed by atoms with Crippen LogP contribution in [0.15, 0.2) is 24.3 Å². The van der Waals surface area contributed by atoms with Gasteiger partial charge in [0.25, 0.3) is 0 Å². The van der Waals surface area contributed by atoms with Crippen LogP contribution in [0.5, 0.6) is 0 Å². The Hall–Kier alpha value is -1.60. The number of rotatable bonds is 7. The molecule has 8 heteroatoms. The van der Waals surface area contributed by atoms with Crippen LogP contribution >= 0.6 is 23.2 Å². The average Bonchev–Trinajstić information content (AvgIpc) is 3.19. The zero-order valence-corrected chi connectivity index (χ0v) is 18.8. The number of aliphatic hydroxyl groups excluding tert-OH is 1. The Balaban J connectivity index is 1.50. The summed E-state index contributed by atoms with van der Waals surface area (Å²) in [5, 5.41) is 10.3. The molecule has 0 bridgehead atoms. The van der Waals surface area contributed by atoms with Crippen LogP contribution in [0.4, 0.5) is 0 Å². The van der Waals surface area contributed by atoms with E-state index in [1.54, 1.807) is 36.1 Å². The van der Waals surface area contributed by atoms with Gasteiger partial charge in [-0.3, -0.25) is 14.5 Å². The molecule has 6 nitrogen and oxygen atoms in total. The molecule has 0 spiro atoms. The first-order valence-corrected chi connectivity index (χ1v) is 11.2. The van der Waals surface area contributed by atoms with Gasteiger partial charge in [0.1, 0.15) is 6.04 Å². The Morgan fingerprint density at radius 3 is 2.73 bits per heavy atom. The van der Waals surface area contributed by atoms with Crippen molar-refractivity contribution in [1.82, 2.24) is 14.7 Å². The molecule has 3 rings (SSSR count). The third-order valence-electron chi connectivity index (χ3n) is 5.98. The number of piperazine rings is 1. The molecule has 1 unspecified atom stereocenters. The summed E-state index contributed by atoms with van der Waals surface area (Å²) in [5.74, 6) is -0.206. The van der Waals surface area contributed by atoms with Gasteiger partial charge in [0.15, 0.2) is 0 Å². The lowest BCUT2D eigenvalue weighted by Gasteiger charge is -2.39. The number of aliphatic hydroxyl groups is 1. The Kier molecular flexibility index (Phi) is 8.17. The van der Waals surface area contributed by atoms with Crippen molar-refractivity contribution in [3.8, 4) is 0 Å². The van der Waals surface area contributed by atoms with Crippen molar-refractivity contribution in [2.24, 2.45) is 0 Å². The van der Waals surface area contributed by atoms with E-state index in [-0.39, 0.29) is 24.5 Å². The van der Waals surface area contributed by atoms with Gasteiger partial charge in [0.2, 0.25) is 11.8 Å². The lowest BCUT2D eigenvalue weighted by atomic mass is 10.1. The van der Waals surface area contributed by atoms with Gasteiger partial charge in [-0.05, 0) is 56.5 Å². The highest BCUT2D eigenvalue weighted by Gasteiger charge is 2.33. The minimum absolute atomic E-state index is 0.0160. The topological polar surface area (TPSA) is 64.1 Å². The van der Waals surface area contributed by atoms with Crippen LogP contribution in [0.25, 0.3) is 6.08 Å². The molecule has 2 aliphatic heterocycles. The number of carbonyl (C=O) groups excluding carboxylic acids is 2. The molecule has 0 radical (unpaired) electrons. The van der Waals surface area contributed by atoms with Gasteiger partial charge >= 0.3 is 0 Å². The standard InChI is InChI=1S/C22H29Cl2N3O3/c1-16-22(30)26(11-3-10-25-9-2-4-18(25)15-28)12-13-27(16)21(29)8-6-17-5-7-19(23)20(24)14-17/h5-8,14,16,18,28H,2-4,9-13,15H2,1H3/t16?,18-/m0/s1. The fourth-order valence-electron chi connectivity index (χ4n) is 4.19. The summed E-state index contributed by atoms with van der Waals surface area (Å²) in [7, 11) is 0. The van der Waals surface area contributed by atoms with Gasteiger partial charge in [-0.1, -0.05) is 29.3 Å². The van der Waals surface area contributed by atoms with E-state index in [0.717, 1.165) is 37.9 Å². The smallest absolute Gasteiger partial charge is 0.247 e. The third kappa shape index (κ3) is 5.55. The van der Waals surface area contributed by atoms with Gasteiger partial charge in [-0.2, -0.15) is 0 Å². The first-order valence-electron chi connectivity index (χ1n) is 10.5. The third-order valence-corrected chi connectivity index (χ3v) is 6.71. The molecular formula is C22H29Cl2N3O3. The SMILES string of the molecule is CC1C(=O)N(CCCN2CCC[C@H]2CO)CCN1C(=O)C=Cc1ccc(Cl)c(Cl)c1. The first-order chi connectivity index (χ1) is 14.4. The summed E-state index contributed by atoms with van der Waals surface area (Å²) in [5.41, 5.74) is 0.776. The van der Waals surface area contributed by atoms with Crippen molar-refractivity contribution in [2.45, 2.75) is 38.3 Å². The fourth-order valence-corrected chi connectivity index (χ4v) is 4.50. The van der Waals surface area contributed by atoms with Crippen molar-refractivity contribution in [2.75, 3.05) is 39.3 Å². The minimum Gasteiger partial charge on any atom is -0.395 e. The fraction of sp³-hybridized carbons (Fsp3) is 0.545. The Bertz CT molecular complexity index is 802. The number of amides is 2. The van der Waals surface area contributed by atoms with Crippen LogP contribution in [-0.4, -0.2) is 83.0 Å². The molecule has 0 aromatic heterocycles. The highest BCUT2D eigenvalue weighted by molar-refractivity contribution is 6.42. The predicted molar refractivity (Wildman–Crippen MR) is 120 cm³/mol. The van der Waals surface area contributed by atoms with Crippen LogP contribution in [0.3, 0.4) is 0 Å². The molecule has 2 saturated heterocycles.